The summed E-state index contributed by atoms with van der Waals surface area (Å²) in [6.45, 7) is 1.50. The van der Waals surface area contributed by atoms with Crippen LogP contribution in [0.5, 0.6) is 0 Å². The van der Waals surface area contributed by atoms with E-state index in [2.05, 4.69) is 20.8 Å². The Hall–Kier alpha value is -2.88. The number of aryl methyl sites for hydroxylation is 1. The van der Waals surface area contributed by atoms with Gasteiger partial charge < -0.3 is 16.5 Å². The normalized spacial score (nSPS) is 10.2. The molecule has 0 saturated heterocycles. The zero-order chi connectivity index (χ0) is 17.7. The van der Waals surface area contributed by atoms with Crippen molar-refractivity contribution in [2.75, 3.05) is 24.0 Å². The highest BCUT2D eigenvalue weighted by molar-refractivity contribution is 7.99. The quantitative estimate of drug-likeness (QED) is 0.501. The van der Waals surface area contributed by atoms with Crippen molar-refractivity contribution >= 4 is 29.3 Å². The van der Waals surface area contributed by atoms with Crippen molar-refractivity contribution in [3.63, 3.8) is 0 Å². The Kier molecular flexibility index (Phi) is 5.53. The van der Waals surface area contributed by atoms with Gasteiger partial charge in [-0.05, 0) is 31.2 Å². The maximum Gasteiger partial charge on any atom is 0.294 e. The molecule has 2 rings (SSSR count). The Morgan fingerprint density at radius 3 is 2.54 bits per heavy atom. The Balaban J connectivity index is 1.95. The minimum absolute atomic E-state index is 0.00553. The Labute approximate surface area is 141 Å². The number of nitrogen functional groups attached to an aromatic ring is 1. The largest absolute Gasteiger partial charge is 0.355 e. The summed E-state index contributed by atoms with van der Waals surface area (Å²) in [5.74, 6) is 5.09. The maximum atomic E-state index is 11.9. The van der Waals surface area contributed by atoms with Gasteiger partial charge in [0, 0.05) is 18.3 Å². The standard InChI is InChI=1S/C14H16N6O3S/c1-8-13(23)20(15)14(19-18-8)24-7-11(21)17-10-5-3-9(4-6-10)12(22)16-2/h3-6H,7,15H2,1-2H3,(H,16,22)(H,17,21). The van der Waals surface area contributed by atoms with E-state index < -0.39 is 5.56 Å². The van der Waals surface area contributed by atoms with E-state index in [-0.39, 0.29) is 28.4 Å². The number of aromatic nitrogens is 3. The molecule has 0 atom stereocenters. The first-order valence-electron chi connectivity index (χ1n) is 6.88. The Bertz CT molecular complexity index is 818. The summed E-state index contributed by atoms with van der Waals surface area (Å²) in [6, 6.07) is 6.45. The maximum absolute atomic E-state index is 11.9. The molecule has 1 aromatic heterocycles. The Morgan fingerprint density at radius 1 is 1.25 bits per heavy atom. The van der Waals surface area contributed by atoms with Gasteiger partial charge >= 0.3 is 0 Å². The number of hydrogen-bond donors (Lipinski definition) is 3. The highest BCUT2D eigenvalue weighted by Gasteiger charge is 2.11. The van der Waals surface area contributed by atoms with Crippen molar-refractivity contribution in [3.8, 4) is 0 Å². The molecular formula is C14H16N6O3S. The van der Waals surface area contributed by atoms with Gasteiger partial charge in [0.2, 0.25) is 11.1 Å². The van der Waals surface area contributed by atoms with Crippen LogP contribution in [0.15, 0.2) is 34.2 Å². The lowest BCUT2D eigenvalue weighted by atomic mass is 10.2. The number of nitrogens with two attached hydrogens (primary N) is 1. The Morgan fingerprint density at radius 2 is 1.92 bits per heavy atom. The van der Waals surface area contributed by atoms with Crippen LogP contribution in [0.2, 0.25) is 0 Å². The molecule has 4 N–H and O–H groups in total. The number of nitrogens with zero attached hydrogens (tertiary/aromatic N) is 3. The number of carbonyl (C=O) groups is 2. The van der Waals surface area contributed by atoms with E-state index >= 15 is 0 Å². The third-order valence-corrected chi connectivity index (χ3v) is 3.95. The van der Waals surface area contributed by atoms with Crippen LogP contribution >= 0.6 is 11.8 Å². The lowest BCUT2D eigenvalue weighted by molar-refractivity contribution is -0.113. The summed E-state index contributed by atoms with van der Waals surface area (Å²) in [5.41, 5.74) is 0.764. The molecule has 126 valence electrons. The molecule has 0 aliphatic carbocycles. The number of amides is 2. The average Bonchev–Trinajstić information content (AvgIpc) is 2.59. The van der Waals surface area contributed by atoms with Crippen LogP contribution in [0.4, 0.5) is 5.69 Å². The second kappa shape index (κ2) is 7.59. The van der Waals surface area contributed by atoms with E-state index in [1.165, 1.54) is 6.92 Å². The highest BCUT2D eigenvalue weighted by Crippen LogP contribution is 2.13. The van der Waals surface area contributed by atoms with Gasteiger partial charge in [-0.15, -0.1) is 10.2 Å². The van der Waals surface area contributed by atoms with E-state index in [0.29, 0.717) is 11.3 Å². The fourth-order valence-electron chi connectivity index (χ4n) is 1.74. The molecule has 0 radical (unpaired) electrons. The number of benzene rings is 1. The van der Waals surface area contributed by atoms with Crippen LogP contribution in [0.25, 0.3) is 0 Å². The number of carbonyl (C=O) groups excluding carboxylic acids is 2. The summed E-state index contributed by atoms with van der Waals surface area (Å²) in [7, 11) is 1.54. The smallest absolute Gasteiger partial charge is 0.294 e. The minimum Gasteiger partial charge on any atom is -0.355 e. The van der Waals surface area contributed by atoms with Crippen LogP contribution in [0.3, 0.4) is 0 Å². The van der Waals surface area contributed by atoms with Crippen molar-refractivity contribution in [2.24, 2.45) is 0 Å². The third kappa shape index (κ3) is 4.10. The van der Waals surface area contributed by atoms with Gasteiger partial charge in [-0.2, -0.15) is 4.68 Å². The number of rotatable bonds is 5. The van der Waals surface area contributed by atoms with Crippen LogP contribution in [-0.2, 0) is 4.79 Å². The first kappa shape index (κ1) is 17.5. The first-order chi connectivity index (χ1) is 11.4. The summed E-state index contributed by atoms with van der Waals surface area (Å²) in [5, 5.41) is 12.8. The van der Waals surface area contributed by atoms with E-state index in [9.17, 15) is 14.4 Å². The molecule has 1 heterocycles. The topological polar surface area (TPSA) is 132 Å². The number of anilines is 1. The molecule has 2 aromatic rings. The van der Waals surface area contributed by atoms with Crippen molar-refractivity contribution in [1.29, 1.82) is 0 Å². The predicted octanol–water partition coefficient (Wildman–Crippen LogP) is -0.249. The SMILES string of the molecule is CNC(=O)c1ccc(NC(=O)CSc2nnc(C)c(=O)n2N)cc1. The van der Waals surface area contributed by atoms with Gasteiger partial charge in [-0.1, -0.05) is 11.8 Å². The van der Waals surface area contributed by atoms with Crippen LogP contribution in [0, 0.1) is 6.92 Å². The van der Waals surface area contributed by atoms with Crippen LogP contribution < -0.4 is 22.0 Å². The summed E-state index contributed by atoms with van der Waals surface area (Å²) >= 11 is 0.997. The van der Waals surface area contributed by atoms with Crippen molar-refractivity contribution in [1.82, 2.24) is 20.2 Å². The van der Waals surface area contributed by atoms with Crippen LogP contribution in [-0.4, -0.2) is 39.5 Å². The van der Waals surface area contributed by atoms with E-state index in [0.717, 1.165) is 16.4 Å². The van der Waals surface area contributed by atoms with Crippen molar-refractivity contribution in [2.45, 2.75) is 12.1 Å². The fourth-order valence-corrected chi connectivity index (χ4v) is 2.40. The van der Waals surface area contributed by atoms with E-state index in [1.54, 1.807) is 31.3 Å². The van der Waals surface area contributed by atoms with Gasteiger partial charge in [0.05, 0.1) is 5.75 Å². The third-order valence-electron chi connectivity index (χ3n) is 3.01. The molecule has 0 aliphatic heterocycles. The monoisotopic (exact) mass is 348 g/mol. The summed E-state index contributed by atoms with van der Waals surface area (Å²) in [6.07, 6.45) is 0. The van der Waals surface area contributed by atoms with Gasteiger partial charge in [0.15, 0.2) is 0 Å². The number of nitrogens with one attached hydrogen (secondary N) is 2. The van der Waals surface area contributed by atoms with Gasteiger partial charge in [-0.25, -0.2) is 0 Å². The molecule has 0 saturated carbocycles. The molecule has 0 fully saturated rings. The molecule has 0 bridgehead atoms. The summed E-state index contributed by atoms with van der Waals surface area (Å²) in [4.78, 5) is 35.0. The van der Waals surface area contributed by atoms with Crippen molar-refractivity contribution in [3.05, 3.63) is 45.9 Å². The van der Waals surface area contributed by atoms with Crippen LogP contribution in [0.1, 0.15) is 16.1 Å². The highest BCUT2D eigenvalue weighted by atomic mass is 32.2. The zero-order valence-corrected chi connectivity index (χ0v) is 13.9. The zero-order valence-electron chi connectivity index (χ0n) is 13.1. The first-order valence-corrected chi connectivity index (χ1v) is 7.87. The second-order valence-corrected chi connectivity index (χ2v) is 5.68. The molecule has 2 amide bonds. The van der Waals surface area contributed by atoms with Gasteiger partial charge in [0.25, 0.3) is 11.5 Å². The van der Waals surface area contributed by atoms with E-state index in [1.807, 2.05) is 0 Å². The van der Waals surface area contributed by atoms with Crippen molar-refractivity contribution < 1.29 is 9.59 Å². The lowest BCUT2D eigenvalue weighted by Gasteiger charge is -2.07. The molecule has 1 aromatic carbocycles. The lowest BCUT2D eigenvalue weighted by Crippen LogP contribution is -2.32. The van der Waals surface area contributed by atoms with Gasteiger partial charge in [0.1, 0.15) is 5.69 Å². The molecule has 0 unspecified atom stereocenters. The molecule has 0 spiro atoms. The molecule has 24 heavy (non-hydrogen) atoms. The number of thioether (sulfide) groups is 1. The molecule has 0 aliphatic rings. The van der Waals surface area contributed by atoms with E-state index in [4.69, 9.17) is 5.84 Å². The summed E-state index contributed by atoms with van der Waals surface area (Å²) < 4.78 is 0.860. The number of hydrogen-bond acceptors (Lipinski definition) is 7. The minimum atomic E-state index is -0.460. The fraction of sp³-hybridized carbons (Fsp3) is 0.214. The molecule has 9 nitrogen and oxygen atoms in total. The average molecular weight is 348 g/mol. The predicted molar refractivity (Wildman–Crippen MR) is 90.4 cm³/mol. The molecular weight excluding hydrogens is 332 g/mol. The van der Waals surface area contributed by atoms with Gasteiger partial charge in [-0.3, -0.25) is 14.4 Å². The second-order valence-electron chi connectivity index (χ2n) is 4.74. The molecule has 10 heteroatoms.